The summed E-state index contributed by atoms with van der Waals surface area (Å²) in [6.45, 7) is 0. The molecule has 4 heteroatoms. The number of carbonyl (C=O) groups is 1. The summed E-state index contributed by atoms with van der Waals surface area (Å²) >= 11 is 7.73. The molecule has 0 aliphatic carbocycles. The van der Waals surface area contributed by atoms with Gasteiger partial charge in [0.15, 0.2) is 12.0 Å². The Morgan fingerprint density at radius 2 is 1.91 bits per heavy atom. The summed E-state index contributed by atoms with van der Waals surface area (Å²) in [7, 11) is 0. The number of hydrogen-bond donors (Lipinski definition) is 0. The van der Waals surface area contributed by atoms with Crippen molar-refractivity contribution < 1.29 is 9.21 Å². The lowest BCUT2D eigenvalue weighted by Crippen LogP contribution is -1.83. The van der Waals surface area contributed by atoms with Crippen LogP contribution < -0.4 is 0 Å². The quantitative estimate of drug-likeness (QED) is 0.444. The molecule has 3 rings (SSSR count). The van der Waals surface area contributed by atoms with E-state index in [0.29, 0.717) is 17.8 Å². The number of thioether (sulfide) groups is 1. The molecule has 0 aliphatic heterocycles. The molecule has 22 heavy (non-hydrogen) atoms. The second kappa shape index (κ2) is 6.86. The van der Waals surface area contributed by atoms with Crippen LogP contribution in [0.1, 0.15) is 16.1 Å². The monoisotopic (exact) mass is 328 g/mol. The number of furan rings is 1. The molecule has 3 aromatic rings. The molecule has 0 fully saturated rings. The third kappa shape index (κ3) is 3.43. The van der Waals surface area contributed by atoms with Gasteiger partial charge in [-0.2, -0.15) is 0 Å². The molecule has 0 saturated heterocycles. The molecule has 0 unspecified atom stereocenters. The average Bonchev–Trinajstić information content (AvgIpc) is 3.02. The summed E-state index contributed by atoms with van der Waals surface area (Å²) in [6.07, 6.45) is 0.714. The fraction of sp³-hybridized carbons (Fsp3) is 0.0556. The Labute approximate surface area is 138 Å². The van der Waals surface area contributed by atoms with Gasteiger partial charge in [-0.15, -0.1) is 11.8 Å². The minimum absolute atomic E-state index is 0.338. The molecule has 2 aromatic carbocycles. The van der Waals surface area contributed by atoms with Gasteiger partial charge in [0.05, 0.1) is 0 Å². The van der Waals surface area contributed by atoms with Crippen molar-refractivity contribution in [3.8, 4) is 11.3 Å². The topological polar surface area (TPSA) is 30.2 Å². The molecule has 0 atom stereocenters. The number of hydrogen-bond acceptors (Lipinski definition) is 3. The molecule has 110 valence electrons. The molecule has 0 aliphatic rings. The van der Waals surface area contributed by atoms with Gasteiger partial charge in [-0.3, -0.25) is 4.79 Å². The summed E-state index contributed by atoms with van der Waals surface area (Å²) in [5.41, 5.74) is 2.16. The molecule has 0 radical (unpaired) electrons. The highest BCUT2D eigenvalue weighted by Crippen LogP contribution is 2.34. The highest BCUT2D eigenvalue weighted by molar-refractivity contribution is 7.98. The van der Waals surface area contributed by atoms with Crippen molar-refractivity contribution in [2.75, 3.05) is 0 Å². The van der Waals surface area contributed by atoms with E-state index >= 15 is 0 Å². The van der Waals surface area contributed by atoms with E-state index in [-0.39, 0.29) is 0 Å². The van der Waals surface area contributed by atoms with Gasteiger partial charge in [-0.25, -0.2) is 0 Å². The van der Waals surface area contributed by atoms with Crippen LogP contribution in [0.3, 0.4) is 0 Å². The Kier molecular flexibility index (Phi) is 4.66. The summed E-state index contributed by atoms with van der Waals surface area (Å²) < 4.78 is 5.53. The fourth-order valence-electron chi connectivity index (χ4n) is 2.14. The first-order valence-electron chi connectivity index (χ1n) is 6.78. The summed E-state index contributed by atoms with van der Waals surface area (Å²) in [6, 6.07) is 19.3. The SMILES string of the molecule is O=Cc1ccc(-c2ccccc2SCc2cccc(Cl)c2)o1. The Hall–Kier alpha value is -1.97. The Bertz CT molecular complexity index is 795. The van der Waals surface area contributed by atoms with E-state index in [1.54, 1.807) is 17.8 Å². The smallest absolute Gasteiger partial charge is 0.185 e. The van der Waals surface area contributed by atoms with Crippen LogP contribution in [0, 0.1) is 0 Å². The fourth-order valence-corrected chi connectivity index (χ4v) is 3.36. The highest BCUT2D eigenvalue weighted by Gasteiger charge is 2.09. The normalized spacial score (nSPS) is 10.6. The van der Waals surface area contributed by atoms with Gasteiger partial charge in [0.25, 0.3) is 0 Å². The molecule has 0 N–H and O–H groups in total. The van der Waals surface area contributed by atoms with E-state index in [4.69, 9.17) is 16.0 Å². The maximum atomic E-state index is 10.8. The van der Waals surface area contributed by atoms with Gasteiger partial charge in [0.2, 0.25) is 0 Å². The predicted molar refractivity (Wildman–Crippen MR) is 90.5 cm³/mol. The molecule has 1 aromatic heterocycles. The van der Waals surface area contributed by atoms with E-state index in [1.807, 2.05) is 48.5 Å². The van der Waals surface area contributed by atoms with Crippen LogP contribution in [0.2, 0.25) is 5.02 Å². The molecule has 1 heterocycles. The predicted octanol–water partition coefficient (Wildman–Crippen LogP) is 5.70. The second-order valence-corrected chi connectivity index (χ2v) is 6.19. The molecular formula is C18H13ClO2S. The van der Waals surface area contributed by atoms with E-state index in [1.165, 1.54) is 5.56 Å². The maximum absolute atomic E-state index is 10.8. The van der Waals surface area contributed by atoms with Gasteiger partial charge in [0, 0.05) is 21.2 Å². The van der Waals surface area contributed by atoms with Crippen LogP contribution in [0.5, 0.6) is 0 Å². The zero-order chi connectivity index (χ0) is 15.4. The van der Waals surface area contributed by atoms with E-state index in [2.05, 4.69) is 6.07 Å². The maximum Gasteiger partial charge on any atom is 0.185 e. The third-order valence-electron chi connectivity index (χ3n) is 3.18. The van der Waals surface area contributed by atoms with Crippen LogP contribution in [0.25, 0.3) is 11.3 Å². The lowest BCUT2D eigenvalue weighted by molar-refractivity contribution is 0.110. The number of halogens is 1. The Morgan fingerprint density at radius 1 is 1.05 bits per heavy atom. The number of aldehydes is 1. The van der Waals surface area contributed by atoms with Crippen LogP contribution in [0.4, 0.5) is 0 Å². The van der Waals surface area contributed by atoms with Crippen molar-refractivity contribution in [3.63, 3.8) is 0 Å². The Balaban J connectivity index is 1.83. The lowest BCUT2D eigenvalue weighted by Gasteiger charge is -2.07. The molecule has 2 nitrogen and oxygen atoms in total. The van der Waals surface area contributed by atoms with Crippen LogP contribution in [-0.4, -0.2) is 6.29 Å². The molecule has 0 saturated carbocycles. The van der Waals surface area contributed by atoms with Crippen LogP contribution in [0.15, 0.2) is 70.0 Å². The van der Waals surface area contributed by atoms with Crippen molar-refractivity contribution in [1.82, 2.24) is 0 Å². The largest absolute Gasteiger partial charge is 0.453 e. The van der Waals surface area contributed by atoms with Crippen molar-refractivity contribution in [2.45, 2.75) is 10.6 Å². The second-order valence-electron chi connectivity index (χ2n) is 4.73. The summed E-state index contributed by atoms with van der Waals surface area (Å²) in [5, 5.41) is 0.744. The first-order chi connectivity index (χ1) is 10.8. The van der Waals surface area contributed by atoms with Crippen LogP contribution in [-0.2, 0) is 5.75 Å². The average molecular weight is 329 g/mol. The van der Waals surface area contributed by atoms with E-state index in [0.717, 1.165) is 21.2 Å². The van der Waals surface area contributed by atoms with Gasteiger partial charge in [-0.05, 0) is 35.9 Å². The number of benzene rings is 2. The van der Waals surface area contributed by atoms with E-state index < -0.39 is 0 Å². The van der Waals surface area contributed by atoms with Crippen LogP contribution >= 0.6 is 23.4 Å². The lowest BCUT2D eigenvalue weighted by atomic mass is 10.2. The summed E-state index contributed by atoms with van der Waals surface area (Å²) in [4.78, 5) is 11.9. The number of carbonyl (C=O) groups excluding carboxylic acids is 1. The minimum atomic E-state index is 0.338. The first kappa shape index (κ1) is 14.9. The van der Waals surface area contributed by atoms with Crippen molar-refractivity contribution >= 4 is 29.6 Å². The first-order valence-corrected chi connectivity index (χ1v) is 8.14. The molecule has 0 bridgehead atoms. The molecular weight excluding hydrogens is 316 g/mol. The number of rotatable bonds is 5. The Morgan fingerprint density at radius 3 is 2.68 bits per heavy atom. The summed E-state index contributed by atoms with van der Waals surface area (Å²) in [5.74, 6) is 1.86. The van der Waals surface area contributed by atoms with Crippen molar-refractivity contribution in [2.24, 2.45) is 0 Å². The zero-order valence-corrected chi connectivity index (χ0v) is 13.2. The minimum Gasteiger partial charge on any atom is -0.453 e. The van der Waals surface area contributed by atoms with Gasteiger partial charge in [-0.1, -0.05) is 41.9 Å². The standard InChI is InChI=1S/C18H13ClO2S/c19-14-5-3-4-13(10-14)12-22-18-7-2-1-6-16(18)17-9-8-15(11-20)21-17/h1-11H,12H2. The van der Waals surface area contributed by atoms with Gasteiger partial charge in [0.1, 0.15) is 5.76 Å². The van der Waals surface area contributed by atoms with E-state index in [9.17, 15) is 4.79 Å². The molecule has 0 amide bonds. The highest BCUT2D eigenvalue weighted by atomic mass is 35.5. The van der Waals surface area contributed by atoms with Gasteiger partial charge < -0.3 is 4.42 Å². The third-order valence-corrected chi connectivity index (χ3v) is 4.56. The molecule has 0 spiro atoms. The zero-order valence-electron chi connectivity index (χ0n) is 11.7. The van der Waals surface area contributed by atoms with Crippen molar-refractivity contribution in [3.05, 3.63) is 77.0 Å². The van der Waals surface area contributed by atoms with Crippen molar-refractivity contribution in [1.29, 1.82) is 0 Å². The van der Waals surface area contributed by atoms with Gasteiger partial charge >= 0.3 is 0 Å².